The Balaban J connectivity index is 2.77. The second kappa shape index (κ2) is 5.62. The Morgan fingerprint density at radius 1 is 1.44 bits per heavy atom. The first-order valence-corrected chi connectivity index (χ1v) is 5.60. The van der Waals surface area contributed by atoms with E-state index in [-0.39, 0.29) is 0 Å². The van der Waals surface area contributed by atoms with Gasteiger partial charge in [0, 0.05) is 24.3 Å². The average molecular weight is 217 g/mol. The summed E-state index contributed by atoms with van der Waals surface area (Å²) in [6.45, 7) is 7.38. The minimum Gasteiger partial charge on any atom is -0.299 e. The summed E-state index contributed by atoms with van der Waals surface area (Å²) < 4.78 is 0. The van der Waals surface area contributed by atoms with Gasteiger partial charge in [-0.25, -0.2) is 4.98 Å². The first-order valence-electron chi connectivity index (χ1n) is 5.60. The van der Waals surface area contributed by atoms with Crippen LogP contribution in [0.1, 0.15) is 32.0 Å². The Morgan fingerprint density at radius 2 is 2.12 bits per heavy atom. The molecule has 0 bridgehead atoms. The molecule has 1 atom stereocenters. The van der Waals surface area contributed by atoms with Gasteiger partial charge in [-0.05, 0) is 26.0 Å². The largest absolute Gasteiger partial charge is 0.299 e. The van der Waals surface area contributed by atoms with Crippen LogP contribution < -0.4 is 0 Å². The molecule has 1 heterocycles. The molecule has 1 rings (SSSR count). The molecule has 0 aliphatic carbocycles. The first kappa shape index (κ1) is 12.7. The SMILES string of the molecule is CC(C)C(C)N(C)Cc1cccnc1C#N. The minimum atomic E-state index is 0.492. The monoisotopic (exact) mass is 217 g/mol. The quantitative estimate of drug-likeness (QED) is 0.777. The molecule has 3 nitrogen and oxygen atoms in total. The van der Waals surface area contributed by atoms with Gasteiger partial charge in [-0.1, -0.05) is 19.9 Å². The molecule has 0 aliphatic heterocycles. The lowest BCUT2D eigenvalue weighted by atomic mass is 10.0. The van der Waals surface area contributed by atoms with Crippen molar-refractivity contribution in [2.24, 2.45) is 5.92 Å². The Labute approximate surface area is 97.7 Å². The van der Waals surface area contributed by atoms with E-state index in [0.29, 0.717) is 17.7 Å². The number of aromatic nitrogens is 1. The molecule has 1 unspecified atom stereocenters. The fourth-order valence-corrected chi connectivity index (χ4v) is 1.59. The maximum Gasteiger partial charge on any atom is 0.144 e. The molecular weight excluding hydrogens is 198 g/mol. The Morgan fingerprint density at radius 3 is 2.69 bits per heavy atom. The Kier molecular flexibility index (Phi) is 4.45. The smallest absolute Gasteiger partial charge is 0.144 e. The molecule has 86 valence electrons. The van der Waals surface area contributed by atoms with E-state index in [1.807, 2.05) is 12.1 Å². The average Bonchev–Trinajstić information content (AvgIpc) is 2.28. The van der Waals surface area contributed by atoms with Crippen molar-refractivity contribution < 1.29 is 0 Å². The highest BCUT2D eigenvalue weighted by molar-refractivity contribution is 5.30. The molecule has 0 aliphatic rings. The molecule has 1 aromatic heterocycles. The van der Waals surface area contributed by atoms with Gasteiger partial charge in [0.05, 0.1) is 0 Å². The van der Waals surface area contributed by atoms with Gasteiger partial charge in [-0.3, -0.25) is 4.90 Å². The summed E-state index contributed by atoms with van der Waals surface area (Å²) in [5, 5.41) is 8.95. The van der Waals surface area contributed by atoms with E-state index in [9.17, 15) is 0 Å². The molecule has 3 heteroatoms. The van der Waals surface area contributed by atoms with Crippen molar-refractivity contribution in [2.75, 3.05) is 7.05 Å². The summed E-state index contributed by atoms with van der Waals surface area (Å²) >= 11 is 0. The van der Waals surface area contributed by atoms with Crippen molar-refractivity contribution in [3.8, 4) is 6.07 Å². The van der Waals surface area contributed by atoms with Crippen LogP contribution in [0.2, 0.25) is 0 Å². The molecule has 0 N–H and O–H groups in total. The van der Waals surface area contributed by atoms with Gasteiger partial charge in [0.25, 0.3) is 0 Å². The molecule has 16 heavy (non-hydrogen) atoms. The van der Waals surface area contributed by atoms with Crippen LogP contribution in [0.5, 0.6) is 0 Å². The number of pyridine rings is 1. The molecule has 0 radical (unpaired) electrons. The van der Waals surface area contributed by atoms with Crippen molar-refractivity contribution >= 4 is 0 Å². The van der Waals surface area contributed by atoms with Crippen molar-refractivity contribution in [3.63, 3.8) is 0 Å². The van der Waals surface area contributed by atoms with E-state index >= 15 is 0 Å². The summed E-state index contributed by atoms with van der Waals surface area (Å²) in [6.07, 6.45) is 1.66. The lowest BCUT2D eigenvalue weighted by Crippen LogP contribution is -2.32. The van der Waals surface area contributed by atoms with Crippen molar-refractivity contribution in [2.45, 2.75) is 33.4 Å². The molecule has 0 amide bonds. The van der Waals surface area contributed by atoms with Gasteiger partial charge in [0.2, 0.25) is 0 Å². The van der Waals surface area contributed by atoms with E-state index in [4.69, 9.17) is 5.26 Å². The highest BCUT2D eigenvalue weighted by Crippen LogP contribution is 2.13. The van der Waals surface area contributed by atoms with Crippen LogP contribution >= 0.6 is 0 Å². The standard InChI is InChI=1S/C13H19N3/c1-10(2)11(3)16(4)9-12-6-5-7-15-13(12)8-14/h5-7,10-11H,9H2,1-4H3. The van der Waals surface area contributed by atoms with E-state index in [1.54, 1.807) is 6.20 Å². The van der Waals surface area contributed by atoms with Crippen LogP contribution in [0.3, 0.4) is 0 Å². The first-order chi connectivity index (χ1) is 7.56. The van der Waals surface area contributed by atoms with E-state index in [0.717, 1.165) is 12.1 Å². The maximum absolute atomic E-state index is 8.95. The summed E-state index contributed by atoms with van der Waals surface area (Å²) in [6, 6.07) is 6.47. The molecule has 0 fully saturated rings. The lowest BCUT2D eigenvalue weighted by molar-refractivity contribution is 0.200. The molecule has 0 saturated heterocycles. The normalized spacial score (nSPS) is 12.8. The van der Waals surface area contributed by atoms with Gasteiger partial charge in [0.15, 0.2) is 0 Å². The van der Waals surface area contributed by atoms with Crippen LogP contribution in [-0.4, -0.2) is 23.0 Å². The van der Waals surface area contributed by atoms with Crippen LogP contribution in [0.15, 0.2) is 18.3 Å². The zero-order valence-electron chi connectivity index (χ0n) is 10.4. The molecular formula is C13H19N3. The maximum atomic E-state index is 8.95. The van der Waals surface area contributed by atoms with Gasteiger partial charge >= 0.3 is 0 Å². The van der Waals surface area contributed by atoms with E-state index < -0.39 is 0 Å². The fraction of sp³-hybridized carbons (Fsp3) is 0.538. The van der Waals surface area contributed by atoms with E-state index in [2.05, 4.69) is 43.8 Å². The van der Waals surface area contributed by atoms with Gasteiger partial charge in [-0.15, -0.1) is 0 Å². The van der Waals surface area contributed by atoms with Gasteiger partial charge in [-0.2, -0.15) is 5.26 Å². The third kappa shape index (κ3) is 3.04. The number of nitriles is 1. The van der Waals surface area contributed by atoms with Crippen LogP contribution in [0.4, 0.5) is 0 Å². The van der Waals surface area contributed by atoms with Gasteiger partial charge in [0.1, 0.15) is 11.8 Å². The highest BCUT2D eigenvalue weighted by Gasteiger charge is 2.14. The summed E-state index contributed by atoms with van der Waals surface area (Å²) in [5.74, 6) is 0.604. The topological polar surface area (TPSA) is 39.9 Å². The second-order valence-electron chi connectivity index (χ2n) is 4.52. The van der Waals surface area contributed by atoms with E-state index in [1.165, 1.54) is 0 Å². The third-order valence-electron chi connectivity index (χ3n) is 3.08. The predicted octanol–water partition coefficient (Wildman–Crippen LogP) is 2.43. The zero-order chi connectivity index (χ0) is 12.1. The third-order valence-corrected chi connectivity index (χ3v) is 3.08. The Hall–Kier alpha value is -1.40. The predicted molar refractivity (Wildman–Crippen MR) is 64.7 cm³/mol. The number of rotatable bonds is 4. The highest BCUT2D eigenvalue weighted by atomic mass is 15.1. The number of hydrogen-bond acceptors (Lipinski definition) is 3. The van der Waals surface area contributed by atoms with Crippen LogP contribution in [-0.2, 0) is 6.54 Å². The molecule has 0 saturated carbocycles. The second-order valence-corrected chi connectivity index (χ2v) is 4.52. The lowest BCUT2D eigenvalue weighted by Gasteiger charge is -2.27. The zero-order valence-corrected chi connectivity index (χ0v) is 10.4. The van der Waals surface area contributed by atoms with Crippen molar-refractivity contribution in [3.05, 3.63) is 29.6 Å². The fourth-order valence-electron chi connectivity index (χ4n) is 1.59. The molecule has 1 aromatic rings. The molecule has 0 aromatic carbocycles. The number of hydrogen-bond donors (Lipinski definition) is 0. The van der Waals surface area contributed by atoms with Gasteiger partial charge < -0.3 is 0 Å². The van der Waals surface area contributed by atoms with Crippen LogP contribution in [0.25, 0.3) is 0 Å². The minimum absolute atomic E-state index is 0.492. The van der Waals surface area contributed by atoms with Crippen LogP contribution in [0, 0.1) is 17.2 Å². The molecule has 0 spiro atoms. The summed E-state index contributed by atoms with van der Waals surface area (Å²) in [5.41, 5.74) is 1.53. The van der Waals surface area contributed by atoms with Crippen molar-refractivity contribution in [1.29, 1.82) is 5.26 Å². The van der Waals surface area contributed by atoms with Crippen molar-refractivity contribution in [1.82, 2.24) is 9.88 Å². The Bertz CT molecular complexity index is 379. The number of nitrogens with zero attached hydrogens (tertiary/aromatic N) is 3. The summed E-state index contributed by atoms with van der Waals surface area (Å²) in [4.78, 5) is 6.32. The summed E-state index contributed by atoms with van der Waals surface area (Å²) in [7, 11) is 2.08.